The van der Waals surface area contributed by atoms with Gasteiger partial charge in [0.05, 0.1) is 5.69 Å². The van der Waals surface area contributed by atoms with Crippen molar-refractivity contribution in [2.45, 2.75) is 30.9 Å². The molecule has 122 valence electrons. The van der Waals surface area contributed by atoms with Crippen LogP contribution < -0.4 is 5.32 Å². The van der Waals surface area contributed by atoms with Crippen LogP contribution in [0.4, 0.5) is 5.69 Å². The number of hydrogen-bond acceptors (Lipinski definition) is 4. The third kappa shape index (κ3) is 4.14. The molecule has 0 saturated carbocycles. The van der Waals surface area contributed by atoms with Crippen LogP contribution in [0.3, 0.4) is 0 Å². The molecule has 1 aromatic rings. The van der Waals surface area contributed by atoms with Crippen LogP contribution in [0.5, 0.6) is 0 Å². The lowest BCUT2D eigenvalue weighted by molar-refractivity contribution is -0.121. The third-order valence-corrected chi connectivity index (χ3v) is 5.78. The molecule has 2 heterocycles. The first-order valence-electron chi connectivity index (χ1n) is 7.72. The predicted molar refractivity (Wildman–Crippen MR) is 96.6 cm³/mol. The zero-order chi connectivity index (χ0) is 16.2. The number of halogens is 1. The minimum atomic E-state index is -0.408. The van der Waals surface area contributed by atoms with Crippen molar-refractivity contribution in [3.63, 3.8) is 0 Å². The number of nitrogens with one attached hydrogen (secondary N) is 1. The maximum absolute atomic E-state index is 12.2. The van der Waals surface area contributed by atoms with E-state index in [1.807, 2.05) is 24.3 Å². The van der Waals surface area contributed by atoms with Gasteiger partial charge in [0.1, 0.15) is 5.25 Å². The SMILES string of the molecule is O=C(C[C@H]1SC(N2CCCCC2)=NC1=O)Nc1ccccc1Br. The summed E-state index contributed by atoms with van der Waals surface area (Å²) in [4.78, 5) is 30.6. The summed E-state index contributed by atoms with van der Waals surface area (Å²) in [6, 6.07) is 7.42. The molecule has 1 N–H and O–H groups in total. The highest BCUT2D eigenvalue weighted by Crippen LogP contribution is 2.29. The van der Waals surface area contributed by atoms with Gasteiger partial charge < -0.3 is 10.2 Å². The second-order valence-electron chi connectivity index (χ2n) is 5.62. The zero-order valence-corrected chi connectivity index (χ0v) is 15.0. The Balaban J connectivity index is 1.56. The van der Waals surface area contributed by atoms with E-state index in [0.29, 0.717) is 5.69 Å². The molecule has 0 unspecified atom stereocenters. The summed E-state index contributed by atoms with van der Waals surface area (Å²) in [6.45, 7) is 1.91. The van der Waals surface area contributed by atoms with Crippen molar-refractivity contribution in [3.8, 4) is 0 Å². The molecular formula is C16H18BrN3O2S. The van der Waals surface area contributed by atoms with Crippen molar-refractivity contribution < 1.29 is 9.59 Å². The first-order chi connectivity index (χ1) is 11.1. The number of nitrogens with zero attached hydrogens (tertiary/aromatic N) is 2. The Morgan fingerprint density at radius 1 is 1.30 bits per heavy atom. The fourth-order valence-corrected chi connectivity index (χ4v) is 4.16. The number of para-hydroxylation sites is 1. The molecule has 2 aliphatic heterocycles. The Bertz CT molecular complexity index is 644. The van der Waals surface area contributed by atoms with E-state index in [1.165, 1.54) is 18.2 Å². The number of rotatable bonds is 3. The lowest BCUT2D eigenvalue weighted by Gasteiger charge is -2.27. The number of piperidine rings is 1. The van der Waals surface area contributed by atoms with Gasteiger partial charge in [0.15, 0.2) is 5.17 Å². The average Bonchev–Trinajstić information content (AvgIpc) is 2.91. The van der Waals surface area contributed by atoms with Crippen LogP contribution in [-0.2, 0) is 9.59 Å². The van der Waals surface area contributed by atoms with E-state index in [9.17, 15) is 9.59 Å². The Morgan fingerprint density at radius 2 is 2.04 bits per heavy atom. The van der Waals surface area contributed by atoms with E-state index in [-0.39, 0.29) is 18.2 Å². The molecule has 2 aliphatic rings. The van der Waals surface area contributed by atoms with Crippen LogP contribution in [0.25, 0.3) is 0 Å². The summed E-state index contributed by atoms with van der Waals surface area (Å²) in [5, 5.41) is 3.21. The molecular weight excluding hydrogens is 378 g/mol. The third-order valence-electron chi connectivity index (χ3n) is 3.87. The monoisotopic (exact) mass is 395 g/mol. The molecule has 1 fully saturated rings. The Morgan fingerprint density at radius 3 is 2.78 bits per heavy atom. The number of amides is 2. The molecule has 0 spiro atoms. The van der Waals surface area contributed by atoms with Gasteiger partial charge in [-0.3, -0.25) is 9.59 Å². The fourth-order valence-electron chi connectivity index (χ4n) is 2.66. The molecule has 0 radical (unpaired) electrons. The number of thioether (sulfide) groups is 1. The van der Waals surface area contributed by atoms with Gasteiger partial charge in [-0.2, -0.15) is 4.99 Å². The molecule has 23 heavy (non-hydrogen) atoms. The number of anilines is 1. The van der Waals surface area contributed by atoms with Gasteiger partial charge >= 0.3 is 0 Å². The maximum Gasteiger partial charge on any atom is 0.262 e. The molecule has 1 atom stereocenters. The molecule has 1 aromatic carbocycles. The quantitative estimate of drug-likeness (QED) is 0.852. The van der Waals surface area contributed by atoms with Crippen molar-refractivity contribution in [1.82, 2.24) is 4.90 Å². The van der Waals surface area contributed by atoms with Crippen molar-refractivity contribution in [2.75, 3.05) is 18.4 Å². The van der Waals surface area contributed by atoms with Crippen LogP contribution in [0.15, 0.2) is 33.7 Å². The van der Waals surface area contributed by atoms with Crippen LogP contribution in [-0.4, -0.2) is 40.2 Å². The summed E-state index contributed by atoms with van der Waals surface area (Å²) in [5.74, 6) is -0.365. The molecule has 3 rings (SSSR count). The normalized spacial score (nSPS) is 21.3. The van der Waals surface area contributed by atoms with E-state index in [0.717, 1.165) is 35.6 Å². The van der Waals surface area contributed by atoms with Gasteiger partial charge in [0.25, 0.3) is 5.91 Å². The minimum Gasteiger partial charge on any atom is -0.351 e. The summed E-state index contributed by atoms with van der Waals surface area (Å²) in [7, 11) is 0. The van der Waals surface area contributed by atoms with Crippen LogP contribution >= 0.6 is 27.7 Å². The standard InChI is InChI=1S/C16H18BrN3O2S/c17-11-6-2-3-7-12(11)18-14(21)10-13-15(22)19-16(23-13)20-8-4-1-5-9-20/h2-3,6-7,13H,1,4-5,8-10H2,(H,18,21)/t13-/m1/s1. The lowest BCUT2D eigenvalue weighted by Crippen LogP contribution is -2.33. The van der Waals surface area contributed by atoms with Crippen molar-refractivity contribution in [1.29, 1.82) is 0 Å². The molecule has 0 aliphatic carbocycles. The lowest BCUT2D eigenvalue weighted by atomic mass is 10.1. The van der Waals surface area contributed by atoms with E-state index in [4.69, 9.17) is 0 Å². The van der Waals surface area contributed by atoms with Gasteiger partial charge in [0, 0.05) is 24.0 Å². The number of carbonyl (C=O) groups is 2. The van der Waals surface area contributed by atoms with Crippen molar-refractivity contribution in [3.05, 3.63) is 28.7 Å². The average molecular weight is 396 g/mol. The number of amidine groups is 1. The number of benzene rings is 1. The molecule has 5 nitrogen and oxygen atoms in total. The minimum absolute atomic E-state index is 0.145. The molecule has 0 aromatic heterocycles. The van der Waals surface area contributed by atoms with E-state index < -0.39 is 5.25 Å². The Hall–Kier alpha value is -1.34. The van der Waals surface area contributed by atoms with Gasteiger partial charge in [-0.05, 0) is 47.3 Å². The van der Waals surface area contributed by atoms with Crippen molar-refractivity contribution in [2.24, 2.45) is 4.99 Å². The van der Waals surface area contributed by atoms with Gasteiger partial charge in [-0.15, -0.1) is 0 Å². The summed E-state index contributed by atoms with van der Waals surface area (Å²) >= 11 is 4.82. The summed E-state index contributed by atoms with van der Waals surface area (Å²) in [6.07, 6.45) is 3.66. The topological polar surface area (TPSA) is 61.8 Å². The zero-order valence-electron chi connectivity index (χ0n) is 12.6. The molecule has 7 heteroatoms. The first-order valence-corrected chi connectivity index (χ1v) is 9.39. The highest BCUT2D eigenvalue weighted by Gasteiger charge is 2.33. The largest absolute Gasteiger partial charge is 0.351 e. The summed E-state index contributed by atoms with van der Waals surface area (Å²) < 4.78 is 0.823. The second kappa shape index (κ2) is 7.49. The summed E-state index contributed by atoms with van der Waals surface area (Å²) in [5.41, 5.74) is 0.713. The maximum atomic E-state index is 12.2. The predicted octanol–water partition coefficient (Wildman–Crippen LogP) is 3.26. The smallest absolute Gasteiger partial charge is 0.262 e. The number of aliphatic imine (C=N–C) groups is 1. The highest BCUT2D eigenvalue weighted by molar-refractivity contribution is 9.10. The van der Waals surface area contributed by atoms with Gasteiger partial charge in [-0.25, -0.2) is 0 Å². The van der Waals surface area contributed by atoms with Crippen LogP contribution in [0.1, 0.15) is 25.7 Å². The van der Waals surface area contributed by atoms with E-state index in [2.05, 4.69) is 31.1 Å². The Kier molecular flexibility index (Phi) is 5.38. The van der Waals surface area contributed by atoms with Gasteiger partial charge in [0.2, 0.25) is 5.91 Å². The highest BCUT2D eigenvalue weighted by atomic mass is 79.9. The molecule has 2 amide bonds. The Labute approximate surface area is 148 Å². The number of likely N-dealkylation sites (tertiary alicyclic amines) is 1. The van der Waals surface area contributed by atoms with E-state index in [1.54, 1.807) is 0 Å². The first kappa shape index (κ1) is 16.5. The van der Waals surface area contributed by atoms with Crippen LogP contribution in [0.2, 0.25) is 0 Å². The fraction of sp³-hybridized carbons (Fsp3) is 0.438. The second-order valence-corrected chi connectivity index (χ2v) is 7.64. The number of hydrogen-bond donors (Lipinski definition) is 1. The molecule has 1 saturated heterocycles. The van der Waals surface area contributed by atoms with Crippen LogP contribution in [0, 0.1) is 0 Å². The number of carbonyl (C=O) groups excluding carboxylic acids is 2. The van der Waals surface area contributed by atoms with Crippen molar-refractivity contribution >= 4 is 50.4 Å². The van der Waals surface area contributed by atoms with Gasteiger partial charge in [-0.1, -0.05) is 23.9 Å². The van der Waals surface area contributed by atoms with E-state index >= 15 is 0 Å². The molecule has 0 bridgehead atoms.